The third-order valence-electron chi connectivity index (χ3n) is 6.21. The number of fused-ring (bicyclic) bond motifs is 5. The normalized spacial score (nSPS) is 14.4. The van der Waals surface area contributed by atoms with Crippen LogP contribution in [0, 0.1) is 0 Å². The fraction of sp³-hybridized carbons (Fsp3) is 0.111. The molecule has 2 heterocycles. The second kappa shape index (κ2) is 6.13. The van der Waals surface area contributed by atoms with Crippen molar-refractivity contribution in [1.82, 2.24) is 0 Å². The molecule has 0 radical (unpaired) electrons. The lowest BCUT2D eigenvalue weighted by molar-refractivity contribution is 0.418. The summed E-state index contributed by atoms with van der Waals surface area (Å²) < 4.78 is 12.5. The number of halogens is 1. The van der Waals surface area contributed by atoms with Gasteiger partial charge >= 0.3 is 0 Å². The third kappa shape index (κ3) is 2.44. The Morgan fingerprint density at radius 3 is 2.47 bits per heavy atom. The maximum atomic E-state index is 6.31. The number of benzene rings is 4. The van der Waals surface area contributed by atoms with E-state index in [1.165, 1.54) is 11.1 Å². The van der Waals surface area contributed by atoms with Crippen molar-refractivity contribution in [3.8, 4) is 22.6 Å². The Bertz CT molecular complexity index is 1460. The molecule has 0 bridgehead atoms. The third-order valence-corrected chi connectivity index (χ3v) is 6.44. The second-order valence-electron chi connectivity index (χ2n) is 8.36. The fourth-order valence-electron chi connectivity index (χ4n) is 4.63. The zero-order chi connectivity index (χ0) is 20.5. The van der Waals surface area contributed by atoms with E-state index in [0.717, 1.165) is 44.6 Å². The molecule has 6 rings (SSSR count). The highest BCUT2D eigenvalue weighted by Crippen LogP contribution is 2.49. The number of para-hydroxylation sites is 2. The first-order valence-electron chi connectivity index (χ1n) is 10.1. The minimum atomic E-state index is -0.120. The summed E-state index contributed by atoms with van der Waals surface area (Å²) >= 11 is 6.17. The molecular weight excluding hydrogens is 392 g/mol. The molecular formula is C27H19ClO2. The molecule has 4 aromatic carbocycles. The van der Waals surface area contributed by atoms with Gasteiger partial charge in [0.2, 0.25) is 0 Å². The first kappa shape index (κ1) is 17.6. The van der Waals surface area contributed by atoms with Gasteiger partial charge in [-0.25, -0.2) is 0 Å². The fourth-order valence-corrected chi connectivity index (χ4v) is 4.79. The zero-order valence-corrected chi connectivity index (χ0v) is 17.5. The average Bonchev–Trinajstić information content (AvgIpc) is 3.11. The topological polar surface area (TPSA) is 22.4 Å². The Morgan fingerprint density at radius 1 is 0.733 bits per heavy atom. The Hall–Kier alpha value is -3.23. The van der Waals surface area contributed by atoms with Gasteiger partial charge in [0.1, 0.15) is 22.7 Å². The van der Waals surface area contributed by atoms with Crippen molar-refractivity contribution in [3.05, 3.63) is 95.0 Å². The maximum Gasteiger partial charge on any atom is 0.143 e. The van der Waals surface area contributed by atoms with E-state index in [-0.39, 0.29) is 5.41 Å². The van der Waals surface area contributed by atoms with Crippen LogP contribution in [0.15, 0.2) is 83.3 Å². The SMILES string of the molecule is CC1(C)c2ccccc2Oc2cc(-c3cccc4c3oc3cc(Cl)ccc34)ccc21. The van der Waals surface area contributed by atoms with E-state index in [1.54, 1.807) is 0 Å². The van der Waals surface area contributed by atoms with E-state index in [0.29, 0.717) is 5.02 Å². The quantitative estimate of drug-likeness (QED) is 0.277. The van der Waals surface area contributed by atoms with E-state index in [1.807, 2.05) is 30.3 Å². The van der Waals surface area contributed by atoms with Gasteiger partial charge in [0.25, 0.3) is 0 Å². The van der Waals surface area contributed by atoms with Crippen LogP contribution in [0.3, 0.4) is 0 Å². The van der Waals surface area contributed by atoms with Crippen LogP contribution in [0.25, 0.3) is 33.1 Å². The number of hydrogen-bond acceptors (Lipinski definition) is 2. The Balaban J connectivity index is 1.55. The molecule has 30 heavy (non-hydrogen) atoms. The highest BCUT2D eigenvalue weighted by atomic mass is 35.5. The molecule has 1 aromatic heterocycles. The molecule has 0 fully saturated rings. The summed E-state index contributed by atoms with van der Waals surface area (Å²) in [4.78, 5) is 0. The molecule has 0 aliphatic carbocycles. The summed E-state index contributed by atoms with van der Waals surface area (Å²) in [6.45, 7) is 4.49. The predicted octanol–water partition coefficient (Wildman–Crippen LogP) is 8.34. The molecule has 1 aliphatic heterocycles. The molecule has 1 aliphatic rings. The standard InChI is InChI=1S/C27H19ClO2/c1-27(2)21-8-3-4-9-23(21)29-25-14-16(10-13-22(25)27)18-6-5-7-20-19-12-11-17(28)15-24(19)30-26(18)20/h3-15H,1-2H3. The van der Waals surface area contributed by atoms with Crippen LogP contribution >= 0.6 is 11.6 Å². The lowest BCUT2D eigenvalue weighted by atomic mass is 9.75. The summed E-state index contributed by atoms with van der Waals surface area (Å²) in [5, 5.41) is 2.83. The van der Waals surface area contributed by atoms with Crippen LogP contribution in [-0.4, -0.2) is 0 Å². The Labute approximate surface area is 179 Å². The summed E-state index contributed by atoms with van der Waals surface area (Å²) in [5.41, 5.74) is 6.06. The second-order valence-corrected chi connectivity index (χ2v) is 8.80. The molecule has 5 aromatic rings. The zero-order valence-electron chi connectivity index (χ0n) is 16.7. The molecule has 2 nitrogen and oxygen atoms in total. The van der Waals surface area contributed by atoms with Gasteiger partial charge in [0.05, 0.1) is 0 Å². The highest BCUT2D eigenvalue weighted by molar-refractivity contribution is 6.31. The van der Waals surface area contributed by atoms with Crippen molar-refractivity contribution in [1.29, 1.82) is 0 Å². The number of furan rings is 1. The van der Waals surface area contributed by atoms with Gasteiger partial charge < -0.3 is 9.15 Å². The minimum absolute atomic E-state index is 0.120. The average molecular weight is 411 g/mol. The van der Waals surface area contributed by atoms with Crippen LogP contribution in [-0.2, 0) is 5.41 Å². The molecule has 0 unspecified atom stereocenters. The van der Waals surface area contributed by atoms with Crippen molar-refractivity contribution in [3.63, 3.8) is 0 Å². The van der Waals surface area contributed by atoms with Crippen LogP contribution in [0.1, 0.15) is 25.0 Å². The molecule has 0 atom stereocenters. The van der Waals surface area contributed by atoms with E-state index in [9.17, 15) is 0 Å². The molecule has 3 heteroatoms. The minimum Gasteiger partial charge on any atom is -0.457 e. The van der Waals surface area contributed by atoms with Crippen molar-refractivity contribution >= 4 is 33.5 Å². The first-order valence-corrected chi connectivity index (χ1v) is 10.4. The van der Waals surface area contributed by atoms with E-state index in [2.05, 4.69) is 62.4 Å². The molecule has 0 spiro atoms. The molecule has 0 N–H and O–H groups in total. The summed E-state index contributed by atoms with van der Waals surface area (Å²) in [6, 6.07) is 26.8. The Kier molecular flexibility index (Phi) is 3.60. The summed E-state index contributed by atoms with van der Waals surface area (Å²) in [6.07, 6.45) is 0. The van der Waals surface area contributed by atoms with E-state index >= 15 is 0 Å². The van der Waals surface area contributed by atoms with E-state index < -0.39 is 0 Å². The molecule has 0 amide bonds. The Morgan fingerprint density at radius 2 is 1.57 bits per heavy atom. The lowest BCUT2D eigenvalue weighted by Gasteiger charge is -2.34. The van der Waals surface area contributed by atoms with Crippen molar-refractivity contribution in [2.75, 3.05) is 0 Å². The van der Waals surface area contributed by atoms with E-state index in [4.69, 9.17) is 20.8 Å². The predicted molar refractivity (Wildman–Crippen MR) is 123 cm³/mol. The first-order chi connectivity index (χ1) is 14.5. The van der Waals surface area contributed by atoms with Gasteiger partial charge in [0.15, 0.2) is 0 Å². The van der Waals surface area contributed by atoms with Crippen LogP contribution in [0.5, 0.6) is 11.5 Å². The maximum absolute atomic E-state index is 6.31. The summed E-state index contributed by atoms with van der Waals surface area (Å²) in [5.74, 6) is 1.82. The van der Waals surface area contributed by atoms with Crippen LogP contribution in [0.2, 0.25) is 5.02 Å². The van der Waals surface area contributed by atoms with Crippen molar-refractivity contribution in [2.45, 2.75) is 19.3 Å². The number of hydrogen-bond donors (Lipinski definition) is 0. The largest absolute Gasteiger partial charge is 0.457 e. The van der Waals surface area contributed by atoms with Gasteiger partial charge in [-0.1, -0.05) is 74.0 Å². The number of rotatable bonds is 1. The molecule has 0 saturated carbocycles. The van der Waals surface area contributed by atoms with Crippen LogP contribution < -0.4 is 4.74 Å². The monoisotopic (exact) mass is 410 g/mol. The van der Waals surface area contributed by atoms with Crippen molar-refractivity contribution in [2.24, 2.45) is 0 Å². The lowest BCUT2D eigenvalue weighted by Crippen LogP contribution is -2.24. The van der Waals surface area contributed by atoms with Crippen molar-refractivity contribution < 1.29 is 9.15 Å². The van der Waals surface area contributed by atoms with Gasteiger partial charge in [0, 0.05) is 44.0 Å². The summed E-state index contributed by atoms with van der Waals surface area (Å²) in [7, 11) is 0. The number of ether oxygens (including phenoxy) is 1. The highest BCUT2D eigenvalue weighted by Gasteiger charge is 2.34. The van der Waals surface area contributed by atoms with Crippen LogP contribution in [0.4, 0.5) is 0 Å². The molecule has 0 saturated heterocycles. The molecule has 146 valence electrons. The van der Waals surface area contributed by atoms with Gasteiger partial charge in [-0.2, -0.15) is 0 Å². The van der Waals surface area contributed by atoms with Gasteiger partial charge in [-0.3, -0.25) is 0 Å². The smallest absolute Gasteiger partial charge is 0.143 e. The van der Waals surface area contributed by atoms with Gasteiger partial charge in [-0.05, 0) is 29.8 Å². The van der Waals surface area contributed by atoms with Gasteiger partial charge in [-0.15, -0.1) is 0 Å².